The molecule has 3 atom stereocenters. The summed E-state index contributed by atoms with van der Waals surface area (Å²) in [5, 5.41) is 0. The molecule has 3 aliphatic rings. The summed E-state index contributed by atoms with van der Waals surface area (Å²) in [7, 11) is 3.46. The number of nitrogens with one attached hydrogen (secondary N) is 2. The van der Waals surface area contributed by atoms with E-state index in [1.807, 2.05) is 11.0 Å². The first-order valence-corrected chi connectivity index (χ1v) is 9.66. The maximum atomic E-state index is 5.60. The SMILES string of the molecule is COc1cccc(C[NH+]2CC[NH+]([C@@H]3C[C@H]4CC[C@@H]3C4)CC2)c1OC. The number of hydrogen-bond donors (Lipinski definition) is 2. The molecule has 1 aliphatic heterocycles. The molecule has 1 aromatic rings. The first kappa shape index (κ1) is 16.2. The third-order valence-electron chi connectivity index (χ3n) is 6.79. The number of methoxy groups -OCH3 is 2. The van der Waals surface area contributed by atoms with Crippen molar-refractivity contribution in [3.05, 3.63) is 23.8 Å². The molecule has 0 unspecified atom stereocenters. The van der Waals surface area contributed by atoms with Crippen molar-refractivity contribution < 1.29 is 19.3 Å². The van der Waals surface area contributed by atoms with Gasteiger partial charge in [0.15, 0.2) is 11.5 Å². The lowest BCUT2D eigenvalue weighted by molar-refractivity contribution is -1.03. The Balaban J connectivity index is 1.35. The molecule has 4 heteroatoms. The van der Waals surface area contributed by atoms with Crippen LogP contribution in [0, 0.1) is 11.8 Å². The third kappa shape index (κ3) is 3.02. The number of para-hydroxylation sites is 1. The summed E-state index contributed by atoms with van der Waals surface area (Å²) in [6.07, 6.45) is 6.07. The van der Waals surface area contributed by atoms with Crippen molar-refractivity contribution in [2.45, 2.75) is 38.3 Å². The van der Waals surface area contributed by atoms with E-state index in [0.717, 1.165) is 35.9 Å². The molecule has 0 aromatic heterocycles. The van der Waals surface area contributed by atoms with Crippen LogP contribution in [0.2, 0.25) is 0 Å². The normalized spacial score (nSPS) is 35.2. The number of rotatable bonds is 5. The van der Waals surface area contributed by atoms with E-state index in [4.69, 9.17) is 9.47 Å². The highest BCUT2D eigenvalue weighted by Gasteiger charge is 2.46. The van der Waals surface area contributed by atoms with Gasteiger partial charge in [0.1, 0.15) is 32.7 Å². The lowest BCUT2D eigenvalue weighted by Crippen LogP contribution is -3.29. The Bertz CT molecular complexity index is 569. The first-order valence-electron chi connectivity index (χ1n) is 9.66. The number of piperazine rings is 1. The molecule has 1 heterocycles. The van der Waals surface area contributed by atoms with Crippen molar-refractivity contribution in [2.24, 2.45) is 11.8 Å². The Kier molecular flexibility index (Phi) is 4.68. The number of benzene rings is 1. The van der Waals surface area contributed by atoms with Crippen LogP contribution in [0.15, 0.2) is 18.2 Å². The summed E-state index contributed by atoms with van der Waals surface area (Å²) in [5.41, 5.74) is 1.27. The number of hydrogen-bond acceptors (Lipinski definition) is 2. The summed E-state index contributed by atoms with van der Waals surface area (Å²) < 4.78 is 11.0. The number of quaternary nitrogens is 2. The Morgan fingerprint density at radius 2 is 1.83 bits per heavy atom. The molecule has 0 radical (unpaired) electrons. The summed E-state index contributed by atoms with van der Waals surface area (Å²) >= 11 is 0. The Hall–Kier alpha value is -1.26. The van der Waals surface area contributed by atoms with E-state index in [9.17, 15) is 0 Å². The van der Waals surface area contributed by atoms with Crippen LogP contribution in [0.3, 0.4) is 0 Å². The molecule has 0 amide bonds. The van der Waals surface area contributed by atoms with Crippen LogP contribution in [-0.2, 0) is 6.54 Å². The van der Waals surface area contributed by atoms with Crippen LogP contribution < -0.4 is 19.3 Å². The van der Waals surface area contributed by atoms with Gasteiger partial charge >= 0.3 is 0 Å². The second-order valence-electron chi connectivity index (χ2n) is 8.02. The Labute approximate surface area is 145 Å². The quantitative estimate of drug-likeness (QED) is 0.805. The van der Waals surface area contributed by atoms with E-state index in [0.29, 0.717) is 0 Å². The summed E-state index contributed by atoms with van der Waals surface area (Å²) in [5.74, 6) is 3.87. The standard InChI is InChI=1S/C20H30N2O2/c1-23-19-5-3-4-17(20(19)24-2)14-21-8-10-22(11-9-21)18-13-15-6-7-16(18)12-15/h3-5,15-16,18H,6-14H2,1-2H3/p+2/t15-,16+,18+/m0/s1. The zero-order valence-electron chi connectivity index (χ0n) is 15.1. The second kappa shape index (κ2) is 6.93. The molecule has 4 rings (SSSR count). The van der Waals surface area contributed by atoms with Gasteiger partial charge in [0, 0.05) is 12.3 Å². The Morgan fingerprint density at radius 3 is 2.46 bits per heavy atom. The van der Waals surface area contributed by atoms with Gasteiger partial charge in [-0.15, -0.1) is 0 Å². The van der Waals surface area contributed by atoms with Crippen LogP contribution in [0.5, 0.6) is 11.5 Å². The van der Waals surface area contributed by atoms with Gasteiger partial charge in [-0.1, -0.05) is 6.07 Å². The highest BCUT2D eigenvalue weighted by Crippen LogP contribution is 2.43. The van der Waals surface area contributed by atoms with Crippen molar-refractivity contribution in [2.75, 3.05) is 40.4 Å². The van der Waals surface area contributed by atoms with E-state index in [1.54, 1.807) is 19.1 Å². The molecule has 0 spiro atoms. The molecule has 24 heavy (non-hydrogen) atoms. The van der Waals surface area contributed by atoms with Gasteiger partial charge in [0.05, 0.1) is 25.8 Å². The summed E-state index contributed by atoms with van der Waals surface area (Å²) in [4.78, 5) is 3.59. The average Bonchev–Trinajstić information content (AvgIpc) is 3.25. The summed E-state index contributed by atoms with van der Waals surface area (Å²) in [6, 6.07) is 7.22. The minimum atomic E-state index is 0.848. The molecule has 132 valence electrons. The Morgan fingerprint density at radius 1 is 1.00 bits per heavy atom. The molecular weight excluding hydrogens is 300 g/mol. The van der Waals surface area contributed by atoms with E-state index in [-0.39, 0.29) is 0 Å². The van der Waals surface area contributed by atoms with E-state index < -0.39 is 0 Å². The molecular formula is C20H32N2O2+2. The van der Waals surface area contributed by atoms with Gasteiger partial charge in [-0.25, -0.2) is 0 Å². The molecule has 4 nitrogen and oxygen atoms in total. The van der Waals surface area contributed by atoms with Crippen LogP contribution >= 0.6 is 0 Å². The smallest absolute Gasteiger partial charge is 0.169 e. The minimum Gasteiger partial charge on any atom is -0.493 e. The first-order chi connectivity index (χ1) is 11.8. The van der Waals surface area contributed by atoms with E-state index >= 15 is 0 Å². The van der Waals surface area contributed by atoms with Gasteiger partial charge in [-0.3, -0.25) is 0 Å². The lowest BCUT2D eigenvalue weighted by atomic mass is 9.93. The van der Waals surface area contributed by atoms with Crippen molar-refractivity contribution in [1.82, 2.24) is 0 Å². The van der Waals surface area contributed by atoms with Gasteiger partial charge in [0.25, 0.3) is 0 Å². The zero-order chi connectivity index (χ0) is 16.5. The fourth-order valence-electron chi connectivity index (χ4n) is 5.58. The van der Waals surface area contributed by atoms with Crippen molar-refractivity contribution in [1.29, 1.82) is 0 Å². The van der Waals surface area contributed by atoms with Gasteiger partial charge in [-0.05, 0) is 37.3 Å². The maximum Gasteiger partial charge on any atom is 0.169 e. The van der Waals surface area contributed by atoms with Gasteiger partial charge < -0.3 is 19.3 Å². The largest absolute Gasteiger partial charge is 0.493 e. The van der Waals surface area contributed by atoms with Crippen LogP contribution in [0.25, 0.3) is 0 Å². The monoisotopic (exact) mass is 332 g/mol. The maximum absolute atomic E-state index is 5.60. The van der Waals surface area contributed by atoms with Crippen molar-refractivity contribution in [3.63, 3.8) is 0 Å². The molecule has 1 saturated heterocycles. The molecule has 2 aliphatic carbocycles. The van der Waals surface area contributed by atoms with E-state index in [2.05, 4.69) is 12.1 Å². The fourth-order valence-corrected chi connectivity index (χ4v) is 5.58. The number of fused-ring (bicyclic) bond motifs is 2. The molecule has 2 bridgehead atoms. The summed E-state index contributed by atoms with van der Waals surface area (Å²) in [6.45, 7) is 6.29. The molecule has 2 saturated carbocycles. The van der Waals surface area contributed by atoms with Crippen LogP contribution in [0.1, 0.15) is 31.2 Å². The van der Waals surface area contributed by atoms with Crippen molar-refractivity contribution in [3.8, 4) is 11.5 Å². The third-order valence-corrected chi connectivity index (χ3v) is 6.79. The molecule has 1 aromatic carbocycles. The molecule has 3 fully saturated rings. The lowest BCUT2D eigenvalue weighted by Gasteiger charge is -2.36. The topological polar surface area (TPSA) is 27.3 Å². The second-order valence-corrected chi connectivity index (χ2v) is 8.02. The minimum absolute atomic E-state index is 0.848. The van der Waals surface area contributed by atoms with Crippen LogP contribution in [-0.4, -0.2) is 46.4 Å². The number of ether oxygens (including phenoxy) is 2. The average molecular weight is 332 g/mol. The van der Waals surface area contributed by atoms with Gasteiger partial charge in [0.2, 0.25) is 0 Å². The molecule has 2 N–H and O–H groups in total. The predicted molar refractivity (Wildman–Crippen MR) is 93.9 cm³/mol. The van der Waals surface area contributed by atoms with Crippen LogP contribution in [0.4, 0.5) is 0 Å². The van der Waals surface area contributed by atoms with E-state index in [1.165, 1.54) is 57.4 Å². The predicted octanol–water partition coefficient (Wildman–Crippen LogP) is 0.176. The fraction of sp³-hybridized carbons (Fsp3) is 0.700. The zero-order valence-corrected chi connectivity index (χ0v) is 15.1. The van der Waals surface area contributed by atoms with Crippen molar-refractivity contribution >= 4 is 0 Å². The van der Waals surface area contributed by atoms with Gasteiger partial charge in [-0.2, -0.15) is 0 Å². The highest BCUT2D eigenvalue weighted by atomic mass is 16.5. The highest BCUT2D eigenvalue weighted by molar-refractivity contribution is 5.46.